The van der Waals surface area contributed by atoms with Crippen molar-refractivity contribution in [2.75, 3.05) is 6.61 Å². The average Bonchev–Trinajstić information content (AvgIpc) is 3.25. The standard InChI is InChI=1S/C31H30O8S/c1-2-12-27-26(21-40(35,36)25-17-10-5-11-18-25)29(32)28(39-27)19-24(38-31(34)23-15-8-4-9-16-23)20-37-30(33)22-13-6-3-7-14-22/h2-11,13-18,21,24,27-29,32H,1,12,19-20H2/b26-21-/t24-,27-,28+,29+/m0/s1. The highest BCUT2D eigenvalue weighted by Gasteiger charge is 2.41. The molecule has 0 aromatic heterocycles. The third-order valence-electron chi connectivity index (χ3n) is 6.34. The van der Waals surface area contributed by atoms with Crippen molar-refractivity contribution in [1.29, 1.82) is 0 Å². The van der Waals surface area contributed by atoms with Gasteiger partial charge in [-0.3, -0.25) is 0 Å². The van der Waals surface area contributed by atoms with Gasteiger partial charge in [0.25, 0.3) is 0 Å². The Hall–Kier alpha value is -4.05. The van der Waals surface area contributed by atoms with Crippen molar-refractivity contribution < 1.29 is 37.3 Å². The van der Waals surface area contributed by atoms with Crippen LogP contribution in [0.3, 0.4) is 0 Å². The molecule has 1 fully saturated rings. The Labute approximate surface area is 233 Å². The molecule has 1 saturated heterocycles. The maximum absolute atomic E-state index is 13.0. The fraction of sp³-hybridized carbons (Fsp3) is 0.226. The smallest absolute Gasteiger partial charge is 0.338 e. The van der Waals surface area contributed by atoms with E-state index in [1.54, 1.807) is 84.9 Å². The van der Waals surface area contributed by atoms with Crippen molar-refractivity contribution in [2.45, 2.75) is 42.2 Å². The monoisotopic (exact) mass is 562 g/mol. The van der Waals surface area contributed by atoms with Gasteiger partial charge >= 0.3 is 11.9 Å². The summed E-state index contributed by atoms with van der Waals surface area (Å²) >= 11 is 0. The van der Waals surface area contributed by atoms with Crippen molar-refractivity contribution >= 4 is 21.8 Å². The largest absolute Gasteiger partial charge is 0.458 e. The molecule has 9 heteroatoms. The average molecular weight is 563 g/mol. The van der Waals surface area contributed by atoms with Crippen molar-refractivity contribution in [3.05, 3.63) is 126 Å². The van der Waals surface area contributed by atoms with Crippen LogP contribution in [0.2, 0.25) is 0 Å². The second-order valence-electron chi connectivity index (χ2n) is 9.20. The number of aliphatic hydroxyl groups is 1. The zero-order valence-electron chi connectivity index (χ0n) is 21.7. The number of ether oxygens (including phenoxy) is 3. The van der Waals surface area contributed by atoms with Gasteiger partial charge in [-0.05, 0) is 42.8 Å². The predicted octanol–water partition coefficient (Wildman–Crippen LogP) is 4.52. The van der Waals surface area contributed by atoms with Crippen molar-refractivity contribution in [2.24, 2.45) is 0 Å². The maximum atomic E-state index is 13.0. The van der Waals surface area contributed by atoms with Crippen LogP contribution in [0.15, 0.2) is 120 Å². The van der Waals surface area contributed by atoms with E-state index >= 15 is 0 Å². The lowest BCUT2D eigenvalue weighted by Gasteiger charge is -2.22. The first kappa shape index (κ1) is 28.9. The lowest BCUT2D eigenvalue weighted by Crippen LogP contribution is -2.33. The van der Waals surface area contributed by atoms with E-state index < -0.39 is 46.2 Å². The highest BCUT2D eigenvalue weighted by Crippen LogP contribution is 2.33. The van der Waals surface area contributed by atoms with Gasteiger partial charge in [0.15, 0.2) is 9.84 Å². The summed E-state index contributed by atoms with van der Waals surface area (Å²) in [5, 5.41) is 12.2. The molecule has 0 unspecified atom stereocenters. The van der Waals surface area contributed by atoms with Gasteiger partial charge in [-0.15, -0.1) is 6.58 Å². The minimum absolute atomic E-state index is 0.0574. The summed E-state index contributed by atoms with van der Waals surface area (Å²) in [5.41, 5.74) is 0.798. The van der Waals surface area contributed by atoms with Gasteiger partial charge in [0, 0.05) is 17.4 Å². The second-order valence-corrected chi connectivity index (χ2v) is 11.0. The Morgan fingerprint density at radius 3 is 2.02 bits per heavy atom. The van der Waals surface area contributed by atoms with Crippen LogP contribution < -0.4 is 0 Å². The van der Waals surface area contributed by atoms with E-state index in [0.29, 0.717) is 11.1 Å². The van der Waals surface area contributed by atoms with E-state index in [0.717, 1.165) is 5.41 Å². The lowest BCUT2D eigenvalue weighted by atomic mass is 10.0. The molecule has 0 amide bonds. The lowest BCUT2D eigenvalue weighted by molar-refractivity contribution is -0.0449. The highest BCUT2D eigenvalue weighted by molar-refractivity contribution is 7.94. The molecule has 0 aliphatic carbocycles. The third-order valence-corrected chi connectivity index (χ3v) is 7.85. The molecule has 208 valence electrons. The van der Waals surface area contributed by atoms with Gasteiger partial charge in [0.1, 0.15) is 18.8 Å². The summed E-state index contributed by atoms with van der Waals surface area (Å²) in [6, 6.07) is 24.5. The molecular formula is C31H30O8S. The number of esters is 2. The summed E-state index contributed by atoms with van der Waals surface area (Å²) in [5.74, 6) is -1.24. The highest BCUT2D eigenvalue weighted by atomic mass is 32.2. The normalized spacial score (nSPS) is 20.5. The number of benzene rings is 3. The maximum Gasteiger partial charge on any atom is 0.338 e. The van der Waals surface area contributed by atoms with E-state index in [2.05, 4.69) is 6.58 Å². The predicted molar refractivity (Wildman–Crippen MR) is 148 cm³/mol. The minimum Gasteiger partial charge on any atom is -0.458 e. The zero-order chi connectivity index (χ0) is 28.5. The Kier molecular flexibility index (Phi) is 9.65. The number of hydrogen-bond donors (Lipinski definition) is 1. The van der Waals surface area contributed by atoms with Crippen molar-refractivity contribution in [1.82, 2.24) is 0 Å². The van der Waals surface area contributed by atoms with Crippen LogP contribution in [-0.2, 0) is 24.0 Å². The molecule has 1 aliphatic heterocycles. The first-order chi connectivity index (χ1) is 19.3. The van der Waals surface area contributed by atoms with Crippen LogP contribution in [0.4, 0.5) is 0 Å². The molecule has 3 aromatic carbocycles. The molecule has 0 spiro atoms. The van der Waals surface area contributed by atoms with E-state index in [9.17, 15) is 23.1 Å². The van der Waals surface area contributed by atoms with Gasteiger partial charge < -0.3 is 19.3 Å². The summed E-state index contributed by atoms with van der Waals surface area (Å²) in [6.45, 7) is 3.41. The molecule has 1 N–H and O–H groups in total. The topological polar surface area (TPSA) is 116 Å². The van der Waals surface area contributed by atoms with Crippen LogP contribution in [0.1, 0.15) is 33.6 Å². The molecular weight excluding hydrogens is 532 g/mol. The summed E-state index contributed by atoms with van der Waals surface area (Å²) < 4.78 is 43.2. The number of carbonyl (C=O) groups excluding carboxylic acids is 2. The van der Waals surface area contributed by atoms with Crippen LogP contribution in [0, 0.1) is 0 Å². The molecule has 3 aromatic rings. The first-order valence-electron chi connectivity index (χ1n) is 12.7. The summed E-state index contributed by atoms with van der Waals surface area (Å²) in [4.78, 5) is 25.5. The van der Waals surface area contributed by atoms with Gasteiger partial charge in [0.2, 0.25) is 0 Å². The van der Waals surface area contributed by atoms with Crippen LogP contribution in [0.25, 0.3) is 0 Å². The molecule has 40 heavy (non-hydrogen) atoms. The Bertz CT molecular complexity index is 1440. The van der Waals surface area contributed by atoms with Crippen molar-refractivity contribution in [3.63, 3.8) is 0 Å². The third kappa shape index (κ3) is 7.32. The van der Waals surface area contributed by atoms with Gasteiger partial charge in [0.05, 0.1) is 28.2 Å². The number of aliphatic hydroxyl groups excluding tert-OH is 1. The molecule has 4 atom stereocenters. The number of hydrogen-bond acceptors (Lipinski definition) is 8. The second kappa shape index (κ2) is 13.3. The Morgan fingerprint density at radius 2 is 1.45 bits per heavy atom. The zero-order valence-corrected chi connectivity index (χ0v) is 22.5. The van der Waals surface area contributed by atoms with E-state index in [4.69, 9.17) is 14.2 Å². The molecule has 4 rings (SSSR count). The van der Waals surface area contributed by atoms with Crippen LogP contribution in [0.5, 0.6) is 0 Å². The Morgan fingerprint density at radius 1 is 0.900 bits per heavy atom. The molecule has 1 aliphatic rings. The molecule has 0 radical (unpaired) electrons. The van der Waals surface area contributed by atoms with E-state index in [1.165, 1.54) is 12.1 Å². The SMILES string of the molecule is C=CC[C@@H]1O[C@H](C[C@@H](COC(=O)c2ccccc2)OC(=O)c2ccccc2)[C@H](O)/C1=C\S(=O)(=O)c1ccccc1. The number of sulfone groups is 1. The fourth-order valence-electron chi connectivity index (χ4n) is 4.33. The van der Waals surface area contributed by atoms with E-state index in [1.807, 2.05) is 0 Å². The molecule has 8 nitrogen and oxygen atoms in total. The quantitative estimate of drug-likeness (QED) is 0.268. The first-order valence-corrected chi connectivity index (χ1v) is 14.3. The molecule has 0 saturated carbocycles. The number of rotatable bonds is 11. The van der Waals surface area contributed by atoms with Crippen LogP contribution >= 0.6 is 0 Å². The molecule has 1 heterocycles. The van der Waals surface area contributed by atoms with Gasteiger partial charge in [-0.1, -0.05) is 60.7 Å². The van der Waals surface area contributed by atoms with E-state index in [-0.39, 0.29) is 29.9 Å². The fourth-order valence-corrected chi connectivity index (χ4v) is 5.65. The summed E-state index contributed by atoms with van der Waals surface area (Å²) in [6.07, 6.45) is -2.24. The van der Waals surface area contributed by atoms with Gasteiger partial charge in [-0.25, -0.2) is 18.0 Å². The van der Waals surface area contributed by atoms with Crippen LogP contribution in [-0.4, -0.2) is 56.5 Å². The molecule has 0 bridgehead atoms. The Balaban J connectivity index is 1.55. The van der Waals surface area contributed by atoms with Gasteiger partial charge in [-0.2, -0.15) is 0 Å². The van der Waals surface area contributed by atoms with Crippen molar-refractivity contribution in [3.8, 4) is 0 Å². The summed E-state index contributed by atoms with van der Waals surface area (Å²) in [7, 11) is -3.88. The minimum atomic E-state index is -3.88. The number of carbonyl (C=O) groups is 2.